The smallest absolute Gasteiger partial charge is 0.110 e. The van der Waals surface area contributed by atoms with Crippen molar-refractivity contribution in [3.05, 3.63) is 48.0 Å². The quantitative estimate of drug-likeness (QED) is 0.809. The Hall–Kier alpha value is -1.61. The minimum Gasteiger partial charge on any atom is -0.324 e. The van der Waals surface area contributed by atoms with Gasteiger partial charge >= 0.3 is 0 Å². The van der Waals surface area contributed by atoms with Crippen LogP contribution in [0.4, 0.5) is 0 Å². The van der Waals surface area contributed by atoms with Gasteiger partial charge in [-0.3, -0.25) is 0 Å². The number of nitrogens with two attached hydrogens (primary N) is 1. The van der Waals surface area contributed by atoms with Crippen molar-refractivity contribution >= 4 is 0 Å². The minimum absolute atomic E-state index is 0.0637. The second-order valence-electron chi connectivity index (χ2n) is 3.73. The lowest BCUT2D eigenvalue weighted by Gasteiger charge is -2.09. The Morgan fingerprint density at radius 1 is 1.40 bits per heavy atom. The summed E-state index contributed by atoms with van der Waals surface area (Å²) in [6.07, 6.45) is 3.75. The predicted octanol–water partition coefficient (Wildman–Crippen LogP) is 2.20. The van der Waals surface area contributed by atoms with E-state index in [1.807, 2.05) is 36.7 Å². The van der Waals surface area contributed by atoms with E-state index in [0.717, 1.165) is 17.1 Å². The Balaban J connectivity index is 2.46. The highest BCUT2D eigenvalue weighted by atomic mass is 15.1. The highest BCUT2D eigenvalue weighted by Crippen LogP contribution is 2.16. The van der Waals surface area contributed by atoms with Crippen molar-refractivity contribution in [2.45, 2.75) is 19.9 Å². The molecule has 0 aliphatic carbocycles. The maximum Gasteiger partial charge on any atom is 0.110 e. The molecule has 0 spiro atoms. The number of aryl methyl sites for hydroxylation is 1. The fraction of sp³-hybridized carbons (Fsp3) is 0.250. The standard InChI is InChI=1S/C12H15N3/c1-9(13)11-4-3-5-12(8-11)15-7-6-14-10(15)2/h3-9H,13H2,1-2H3/t9-/m0/s1. The molecule has 3 nitrogen and oxygen atoms in total. The first-order chi connectivity index (χ1) is 7.18. The third-order valence-corrected chi connectivity index (χ3v) is 2.50. The maximum absolute atomic E-state index is 5.85. The summed E-state index contributed by atoms with van der Waals surface area (Å²) < 4.78 is 2.05. The lowest BCUT2D eigenvalue weighted by atomic mass is 10.1. The van der Waals surface area contributed by atoms with E-state index in [0.29, 0.717) is 0 Å². The number of imidazole rings is 1. The molecule has 0 saturated carbocycles. The molecule has 0 aliphatic rings. The molecule has 1 heterocycles. The van der Waals surface area contributed by atoms with Crippen LogP contribution in [0.25, 0.3) is 5.69 Å². The number of rotatable bonds is 2. The molecule has 1 atom stereocenters. The normalized spacial score (nSPS) is 12.7. The number of hydrogen-bond acceptors (Lipinski definition) is 2. The largest absolute Gasteiger partial charge is 0.324 e. The molecule has 2 rings (SSSR count). The van der Waals surface area contributed by atoms with Crippen LogP contribution in [-0.2, 0) is 0 Å². The van der Waals surface area contributed by atoms with Crippen LogP contribution < -0.4 is 5.73 Å². The van der Waals surface area contributed by atoms with E-state index < -0.39 is 0 Å². The highest BCUT2D eigenvalue weighted by molar-refractivity contribution is 5.37. The molecule has 2 aromatic rings. The van der Waals surface area contributed by atoms with Crippen LogP contribution >= 0.6 is 0 Å². The summed E-state index contributed by atoms with van der Waals surface area (Å²) in [5.41, 5.74) is 8.10. The summed E-state index contributed by atoms with van der Waals surface area (Å²) in [4.78, 5) is 4.20. The third kappa shape index (κ3) is 1.92. The molecule has 0 saturated heterocycles. The van der Waals surface area contributed by atoms with Crippen molar-refractivity contribution in [2.24, 2.45) is 5.73 Å². The monoisotopic (exact) mass is 201 g/mol. The van der Waals surface area contributed by atoms with E-state index in [-0.39, 0.29) is 6.04 Å². The molecule has 0 unspecified atom stereocenters. The average Bonchev–Trinajstić information content (AvgIpc) is 2.64. The van der Waals surface area contributed by atoms with Crippen molar-refractivity contribution in [1.29, 1.82) is 0 Å². The van der Waals surface area contributed by atoms with Crippen molar-refractivity contribution in [3.8, 4) is 5.69 Å². The topological polar surface area (TPSA) is 43.8 Å². The third-order valence-electron chi connectivity index (χ3n) is 2.50. The van der Waals surface area contributed by atoms with Crippen LogP contribution in [0.1, 0.15) is 24.4 Å². The molecule has 0 amide bonds. The average molecular weight is 201 g/mol. The van der Waals surface area contributed by atoms with Crippen molar-refractivity contribution in [2.75, 3.05) is 0 Å². The summed E-state index contributed by atoms with van der Waals surface area (Å²) >= 11 is 0. The van der Waals surface area contributed by atoms with E-state index in [1.54, 1.807) is 6.20 Å². The van der Waals surface area contributed by atoms with Gasteiger partial charge in [0.15, 0.2) is 0 Å². The first-order valence-corrected chi connectivity index (χ1v) is 5.04. The first kappa shape index (κ1) is 9.93. The van der Waals surface area contributed by atoms with Crippen LogP contribution in [0.3, 0.4) is 0 Å². The Labute approximate surface area is 89.6 Å². The zero-order valence-electron chi connectivity index (χ0n) is 9.01. The molecular formula is C12H15N3. The Bertz CT molecular complexity index is 457. The second kappa shape index (κ2) is 3.87. The van der Waals surface area contributed by atoms with Crippen LogP contribution in [0.5, 0.6) is 0 Å². The first-order valence-electron chi connectivity index (χ1n) is 5.04. The molecule has 1 aromatic heterocycles. The van der Waals surface area contributed by atoms with Gasteiger partial charge in [0, 0.05) is 24.1 Å². The summed E-state index contributed by atoms with van der Waals surface area (Å²) in [6.45, 7) is 3.97. The zero-order valence-corrected chi connectivity index (χ0v) is 9.01. The second-order valence-corrected chi connectivity index (χ2v) is 3.73. The molecule has 0 fully saturated rings. The predicted molar refractivity (Wildman–Crippen MR) is 60.9 cm³/mol. The molecule has 78 valence electrons. The van der Waals surface area contributed by atoms with Gasteiger partial charge in [-0.05, 0) is 31.5 Å². The Morgan fingerprint density at radius 3 is 2.80 bits per heavy atom. The van der Waals surface area contributed by atoms with E-state index in [4.69, 9.17) is 5.73 Å². The maximum atomic E-state index is 5.85. The molecule has 0 radical (unpaired) electrons. The van der Waals surface area contributed by atoms with Crippen molar-refractivity contribution in [3.63, 3.8) is 0 Å². The van der Waals surface area contributed by atoms with Gasteiger partial charge in [0.05, 0.1) is 0 Å². The fourth-order valence-electron chi connectivity index (χ4n) is 1.61. The SMILES string of the molecule is Cc1nccn1-c1cccc([C@H](C)N)c1. The number of benzene rings is 1. The number of hydrogen-bond donors (Lipinski definition) is 1. The molecule has 1 aromatic carbocycles. The molecule has 0 aliphatic heterocycles. The molecule has 3 heteroatoms. The highest BCUT2D eigenvalue weighted by Gasteiger charge is 2.03. The lowest BCUT2D eigenvalue weighted by molar-refractivity contribution is 0.814. The van der Waals surface area contributed by atoms with Gasteiger partial charge in [0.2, 0.25) is 0 Å². The van der Waals surface area contributed by atoms with Crippen molar-refractivity contribution < 1.29 is 0 Å². The summed E-state index contributed by atoms with van der Waals surface area (Å²) in [7, 11) is 0. The van der Waals surface area contributed by atoms with Crippen LogP contribution in [-0.4, -0.2) is 9.55 Å². The summed E-state index contributed by atoms with van der Waals surface area (Å²) in [6, 6.07) is 8.28. The Morgan fingerprint density at radius 2 is 2.20 bits per heavy atom. The zero-order chi connectivity index (χ0) is 10.8. The van der Waals surface area contributed by atoms with E-state index in [9.17, 15) is 0 Å². The van der Waals surface area contributed by atoms with Crippen molar-refractivity contribution in [1.82, 2.24) is 9.55 Å². The number of nitrogens with zero attached hydrogens (tertiary/aromatic N) is 2. The Kier molecular flexibility index (Phi) is 2.56. The van der Waals surface area contributed by atoms with Gasteiger partial charge < -0.3 is 10.3 Å². The van der Waals surface area contributed by atoms with Gasteiger partial charge in [0.1, 0.15) is 5.82 Å². The lowest BCUT2D eigenvalue weighted by Crippen LogP contribution is -2.06. The van der Waals surface area contributed by atoms with Crippen LogP contribution in [0, 0.1) is 6.92 Å². The van der Waals surface area contributed by atoms with Crippen LogP contribution in [0.15, 0.2) is 36.7 Å². The number of aromatic nitrogens is 2. The van der Waals surface area contributed by atoms with E-state index in [2.05, 4.69) is 17.1 Å². The molecule has 2 N–H and O–H groups in total. The summed E-state index contributed by atoms with van der Waals surface area (Å²) in [5.74, 6) is 0.983. The van der Waals surface area contributed by atoms with Gasteiger partial charge in [-0.1, -0.05) is 12.1 Å². The van der Waals surface area contributed by atoms with E-state index >= 15 is 0 Å². The van der Waals surface area contributed by atoms with E-state index in [1.165, 1.54) is 0 Å². The molecule has 0 bridgehead atoms. The minimum atomic E-state index is 0.0637. The van der Waals surface area contributed by atoms with Gasteiger partial charge in [0.25, 0.3) is 0 Å². The van der Waals surface area contributed by atoms with Crippen LogP contribution in [0.2, 0.25) is 0 Å². The van der Waals surface area contributed by atoms with Gasteiger partial charge in [-0.25, -0.2) is 4.98 Å². The fourth-order valence-corrected chi connectivity index (χ4v) is 1.61. The van der Waals surface area contributed by atoms with Gasteiger partial charge in [-0.2, -0.15) is 0 Å². The molecule has 15 heavy (non-hydrogen) atoms. The van der Waals surface area contributed by atoms with Gasteiger partial charge in [-0.15, -0.1) is 0 Å². The summed E-state index contributed by atoms with van der Waals surface area (Å²) in [5, 5.41) is 0. The molecular weight excluding hydrogens is 186 g/mol.